The summed E-state index contributed by atoms with van der Waals surface area (Å²) >= 11 is 0. The van der Waals surface area contributed by atoms with E-state index in [0.29, 0.717) is 11.7 Å². The van der Waals surface area contributed by atoms with Gasteiger partial charge in [0.25, 0.3) is 0 Å². The lowest BCUT2D eigenvalue weighted by molar-refractivity contribution is 0.303. The van der Waals surface area contributed by atoms with Gasteiger partial charge >= 0.3 is 0 Å². The minimum absolute atomic E-state index is 0.337. The molecule has 100 valence electrons. The molecule has 1 aliphatic rings. The Morgan fingerprint density at radius 3 is 2.61 bits per heavy atom. The average Bonchev–Trinajstić information content (AvgIpc) is 2.31. The van der Waals surface area contributed by atoms with Crippen LogP contribution < -0.4 is 16.6 Å². The number of nitrogen functional groups attached to an aromatic ring is 1. The van der Waals surface area contributed by atoms with Crippen LogP contribution >= 0.6 is 0 Å². The monoisotopic (exact) mass is 249 g/mol. The Kier molecular flexibility index (Phi) is 4.36. The number of nitrogens with one attached hydrogen (secondary N) is 2. The van der Waals surface area contributed by atoms with Gasteiger partial charge in [0, 0.05) is 12.1 Å². The van der Waals surface area contributed by atoms with E-state index in [0.717, 1.165) is 23.8 Å². The highest BCUT2D eigenvalue weighted by atomic mass is 15.3. The third-order valence-electron chi connectivity index (χ3n) is 3.67. The van der Waals surface area contributed by atoms with Crippen LogP contribution in [0, 0.1) is 5.92 Å². The molecular weight excluding hydrogens is 226 g/mol. The molecule has 0 saturated heterocycles. The Morgan fingerprint density at radius 2 is 2.06 bits per heavy atom. The van der Waals surface area contributed by atoms with E-state index in [1.54, 1.807) is 6.33 Å². The molecule has 1 aromatic heterocycles. The molecule has 1 fully saturated rings. The van der Waals surface area contributed by atoms with Gasteiger partial charge in [-0.25, -0.2) is 15.8 Å². The summed E-state index contributed by atoms with van der Waals surface area (Å²) in [7, 11) is 0. The van der Waals surface area contributed by atoms with Gasteiger partial charge < -0.3 is 10.7 Å². The van der Waals surface area contributed by atoms with Crippen LogP contribution in [-0.2, 0) is 0 Å². The summed E-state index contributed by atoms with van der Waals surface area (Å²) in [5.41, 5.74) is 3.71. The maximum Gasteiger partial charge on any atom is 0.148 e. The molecule has 0 aliphatic heterocycles. The van der Waals surface area contributed by atoms with Gasteiger partial charge in [-0.3, -0.25) is 0 Å². The van der Waals surface area contributed by atoms with E-state index in [1.807, 2.05) is 0 Å². The molecule has 1 aliphatic carbocycles. The van der Waals surface area contributed by atoms with Crippen molar-refractivity contribution in [2.45, 2.75) is 45.4 Å². The Labute approximate surface area is 109 Å². The maximum absolute atomic E-state index is 5.50. The minimum Gasteiger partial charge on any atom is -0.370 e. The molecule has 1 saturated carbocycles. The molecule has 0 unspecified atom stereocenters. The highest BCUT2D eigenvalue weighted by molar-refractivity contribution is 5.58. The van der Waals surface area contributed by atoms with Crippen molar-refractivity contribution in [2.75, 3.05) is 17.3 Å². The lowest BCUT2D eigenvalue weighted by Crippen LogP contribution is -2.18. The predicted octanol–water partition coefficient (Wildman–Crippen LogP) is 2.49. The highest BCUT2D eigenvalue weighted by Gasteiger charge is 2.18. The van der Waals surface area contributed by atoms with Gasteiger partial charge in [0.2, 0.25) is 0 Å². The summed E-state index contributed by atoms with van der Waals surface area (Å²) in [5, 5.41) is 3.42. The molecule has 0 radical (unpaired) electrons. The first-order valence-electron chi connectivity index (χ1n) is 6.77. The van der Waals surface area contributed by atoms with Gasteiger partial charge in [-0.05, 0) is 18.3 Å². The molecule has 4 N–H and O–H groups in total. The van der Waals surface area contributed by atoms with E-state index in [-0.39, 0.29) is 0 Å². The van der Waals surface area contributed by atoms with E-state index < -0.39 is 0 Å². The topological polar surface area (TPSA) is 75.9 Å². The summed E-state index contributed by atoms with van der Waals surface area (Å²) in [4.78, 5) is 8.49. The normalized spacial score (nSPS) is 15.6. The number of nitrogens with zero attached hydrogens (tertiary/aromatic N) is 2. The van der Waals surface area contributed by atoms with Crippen LogP contribution in [0.1, 0.15) is 51.0 Å². The number of hydrogen-bond acceptors (Lipinski definition) is 5. The zero-order valence-corrected chi connectivity index (χ0v) is 11.2. The first-order valence-corrected chi connectivity index (χ1v) is 6.77. The van der Waals surface area contributed by atoms with Crippen molar-refractivity contribution in [3.63, 3.8) is 0 Å². The van der Waals surface area contributed by atoms with Crippen molar-refractivity contribution in [3.05, 3.63) is 11.9 Å². The lowest BCUT2D eigenvalue weighted by atomic mass is 9.83. The molecule has 0 aromatic carbocycles. The second-order valence-electron chi connectivity index (χ2n) is 5.30. The van der Waals surface area contributed by atoms with Crippen molar-refractivity contribution in [1.82, 2.24) is 9.97 Å². The van der Waals surface area contributed by atoms with E-state index in [2.05, 4.69) is 34.6 Å². The molecular formula is C13H23N5. The van der Waals surface area contributed by atoms with Crippen LogP contribution in [0.5, 0.6) is 0 Å². The molecule has 0 amide bonds. The predicted molar refractivity (Wildman–Crippen MR) is 74.4 cm³/mol. The third-order valence-corrected chi connectivity index (χ3v) is 3.67. The summed E-state index contributed by atoms with van der Waals surface area (Å²) in [5.74, 6) is 8.37. The molecule has 2 rings (SSSR count). The number of aromatic nitrogens is 2. The molecule has 18 heavy (non-hydrogen) atoms. The van der Waals surface area contributed by atoms with Gasteiger partial charge in [-0.1, -0.05) is 33.1 Å². The van der Waals surface area contributed by atoms with Crippen molar-refractivity contribution in [1.29, 1.82) is 0 Å². The van der Waals surface area contributed by atoms with Gasteiger partial charge in [0.1, 0.15) is 18.0 Å². The van der Waals surface area contributed by atoms with Crippen molar-refractivity contribution in [3.8, 4) is 0 Å². The third kappa shape index (κ3) is 2.90. The molecule has 0 atom stereocenters. The fourth-order valence-electron chi connectivity index (χ4n) is 2.37. The van der Waals surface area contributed by atoms with E-state index in [1.165, 1.54) is 25.7 Å². The van der Waals surface area contributed by atoms with Gasteiger partial charge in [-0.15, -0.1) is 0 Å². The molecule has 0 spiro atoms. The smallest absolute Gasteiger partial charge is 0.148 e. The molecule has 5 heteroatoms. The highest BCUT2D eigenvalue weighted by Crippen LogP contribution is 2.30. The van der Waals surface area contributed by atoms with E-state index >= 15 is 0 Å². The van der Waals surface area contributed by atoms with Crippen LogP contribution in [0.3, 0.4) is 0 Å². The number of anilines is 2. The first-order chi connectivity index (χ1) is 8.72. The molecule has 1 aromatic rings. The number of nitrogens with two attached hydrogens (primary N) is 1. The first kappa shape index (κ1) is 13.1. The Bertz CT molecular complexity index is 387. The van der Waals surface area contributed by atoms with Crippen LogP contribution in [0.25, 0.3) is 0 Å². The second kappa shape index (κ2) is 6.00. The average molecular weight is 249 g/mol. The zero-order chi connectivity index (χ0) is 13.0. The summed E-state index contributed by atoms with van der Waals surface area (Å²) < 4.78 is 0. The Balaban J connectivity index is 2.01. The fourth-order valence-corrected chi connectivity index (χ4v) is 2.37. The minimum atomic E-state index is 0.337. The number of hydrogen-bond donors (Lipinski definition) is 3. The zero-order valence-electron chi connectivity index (χ0n) is 11.2. The van der Waals surface area contributed by atoms with Crippen LogP contribution in [0.15, 0.2) is 6.33 Å². The molecule has 5 nitrogen and oxygen atoms in total. The SMILES string of the molecule is CC(C)c1c(NN)ncnc1NCCC1CCC1. The van der Waals surface area contributed by atoms with E-state index in [4.69, 9.17) is 5.84 Å². The Morgan fingerprint density at radius 1 is 1.33 bits per heavy atom. The van der Waals surface area contributed by atoms with Crippen LogP contribution in [0.2, 0.25) is 0 Å². The Hall–Kier alpha value is -1.36. The standard InChI is InChI=1S/C13H23N5/c1-9(2)11-12(16-8-17-13(11)18-14)15-7-6-10-4-3-5-10/h8-10H,3-7,14H2,1-2H3,(H2,15,16,17,18). The fraction of sp³-hybridized carbons (Fsp3) is 0.692. The number of hydrazine groups is 1. The maximum atomic E-state index is 5.50. The summed E-state index contributed by atoms with van der Waals surface area (Å²) in [6.07, 6.45) is 6.95. The van der Waals surface area contributed by atoms with Crippen molar-refractivity contribution < 1.29 is 0 Å². The van der Waals surface area contributed by atoms with Crippen LogP contribution in [0.4, 0.5) is 11.6 Å². The van der Waals surface area contributed by atoms with Crippen LogP contribution in [-0.4, -0.2) is 16.5 Å². The quantitative estimate of drug-likeness (QED) is 0.533. The van der Waals surface area contributed by atoms with Gasteiger partial charge in [0.05, 0.1) is 0 Å². The van der Waals surface area contributed by atoms with Crippen molar-refractivity contribution >= 4 is 11.6 Å². The van der Waals surface area contributed by atoms with Gasteiger partial charge in [-0.2, -0.15) is 0 Å². The molecule has 0 bridgehead atoms. The van der Waals surface area contributed by atoms with Gasteiger partial charge in [0.15, 0.2) is 0 Å². The molecule has 1 heterocycles. The second-order valence-corrected chi connectivity index (χ2v) is 5.30. The van der Waals surface area contributed by atoms with E-state index in [9.17, 15) is 0 Å². The van der Waals surface area contributed by atoms with Crippen molar-refractivity contribution in [2.24, 2.45) is 11.8 Å². The lowest BCUT2D eigenvalue weighted by Gasteiger charge is -2.25. The number of rotatable bonds is 6. The summed E-state index contributed by atoms with van der Waals surface area (Å²) in [6, 6.07) is 0. The largest absolute Gasteiger partial charge is 0.370 e. The summed E-state index contributed by atoms with van der Waals surface area (Å²) in [6.45, 7) is 5.22.